The lowest BCUT2D eigenvalue weighted by molar-refractivity contribution is 0.103. The summed E-state index contributed by atoms with van der Waals surface area (Å²) in [6.07, 6.45) is 2.32. The fraction of sp³-hybridized carbons (Fsp3) is 0.316. The summed E-state index contributed by atoms with van der Waals surface area (Å²) in [7, 11) is 0. The highest BCUT2D eigenvalue weighted by Gasteiger charge is 2.24. The summed E-state index contributed by atoms with van der Waals surface area (Å²) in [6.45, 7) is 5.79. The summed E-state index contributed by atoms with van der Waals surface area (Å²) >= 11 is 1.38. The Bertz CT molecular complexity index is 977. The number of nitrogens with zero attached hydrogens (tertiary/aromatic N) is 3. The van der Waals surface area contributed by atoms with Crippen LogP contribution < -0.4 is 10.2 Å². The van der Waals surface area contributed by atoms with Crippen LogP contribution in [0.15, 0.2) is 24.3 Å². The van der Waals surface area contributed by atoms with Crippen LogP contribution in [0.25, 0.3) is 10.2 Å². The third-order valence-corrected chi connectivity index (χ3v) is 5.78. The van der Waals surface area contributed by atoms with Crippen molar-refractivity contribution in [3.05, 3.63) is 46.3 Å². The van der Waals surface area contributed by atoms with Crippen molar-refractivity contribution < 1.29 is 9.18 Å². The van der Waals surface area contributed by atoms with Gasteiger partial charge in [0.15, 0.2) is 0 Å². The summed E-state index contributed by atoms with van der Waals surface area (Å²) < 4.78 is 13.1. The molecule has 1 saturated heterocycles. The van der Waals surface area contributed by atoms with E-state index in [0.717, 1.165) is 47.5 Å². The molecule has 0 radical (unpaired) electrons. The van der Waals surface area contributed by atoms with Crippen molar-refractivity contribution in [2.45, 2.75) is 26.7 Å². The molecule has 2 aromatic heterocycles. The molecule has 1 N–H and O–H groups in total. The zero-order valence-electron chi connectivity index (χ0n) is 14.7. The predicted molar refractivity (Wildman–Crippen MR) is 103 cm³/mol. The van der Waals surface area contributed by atoms with Gasteiger partial charge in [0.05, 0.1) is 10.3 Å². The summed E-state index contributed by atoms with van der Waals surface area (Å²) in [5, 5.41) is 3.80. The second kappa shape index (κ2) is 6.64. The molecule has 0 spiro atoms. The number of fused-ring (bicyclic) bond motifs is 1. The number of hydrogen-bond acceptors (Lipinski definition) is 5. The molecule has 0 unspecified atom stereocenters. The lowest BCUT2D eigenvalue weighted by atomic mass is 10.2. The summed E-state index contributed by atoms with van der Waals surface area (Å²) in [4.78, 5) is 25.7. The minimum atomic E-state index is -0.331. The highest BCUT2D eigenvalue weighted by Crippen LogP contribution is 2.36. The molecule has 1 fully saturated rings. The van der Waals surface area contributed by atoms with E-state index in [9.17, 15) is 9.18 Å². The van der Waals surface area contributed by atoms with Crippen molar-refractivity contribution in [2.24, 2.45) is 0 Å². The number of aromatic nitrogens is 2. The van der Waals surface area contributed by atoms with Crippen LogP contribution in [0.4, 0.5) is 15.9 Å². The second-order valence-corrected chi connectivity index (χ2v) is 7.49. The number of benzene rings is 1. The average Bonchev–Trinajstić information content (AvgIpc) is 3.25. The summed E-state index contributed by atoms with van der Waals surface area (Å²) in [5.41, 5.74) is 1.46. The fourth-order valence-corrected chi connectivity index (χ4v) is 4.43. The zero-order valence-corrected chi connectivity index (χ0v) is 15.5. The van der Waals surface area contributed by atoms with Crippen molar-refractivity contribution in [1.82, 2.24) is 9.97 Å². The van der Waals surface area contributed by atoms with Crippen molar-refractivity contribution in [3.8, 4) is 0 Å². The summed E-state index contributed by atoms with van der Waals surface area (Å²) in [5.74, 6) is 1.11. The first-order valence-electron chi connectivity index (χ1n) is 8.62. The number of amides is 1. The molecule has 1 aliphatic heterocycles. The van der Waals surface area contributed by atoms with E-state index in [1.165, 1.54) is 23.5 Å². The second-order valence-electron chi connectivity index (χ2n) is 6.49. The number of nitrogens with one attached hydrogen (secondary N) is 1. The molecular weight excluding hydrogens is 351 g/mol. The predicted octanol–water partition coefficient (Wildman–Crippen LogP) is 4.30. The van der Waals surface area contributed by atoms with Crippen LogP contribution in [0, 0.1) is 19.7 Å². The van der Waals surface area contributed by atoms with E-state index in [-0.39, 0.29) is 11.7 Å². The van der Waals surface area contributed by atoms with Gasteiger partial charge in [-0.3, -0.25) is 4.79 Å². The number of aryl methyl sites for hydroxylation is 2. The van der Waals surface area contributed by atoms with Gasteiger partial charge >= 0.3 is 0 Å². The minimum Gasteiger partial charge on any atom is -0.356 e. The molecule has 26 heavy (non-hydrogen) atoms. The number of carbonyl (C=O) groups is 1. The Morgan fingerprint density at radius 1 is 1.15 bits per heavy atom. The van der Waals surface area contributed by atoms with Gasteiger partial charge in [-0.1, -0.05) is 0 Å². The number of halogens is 1. The number of hydrogen-bond donors (Lipinski definition) is 1. The monoisotopic (exact) mass is 370 g/mol. The zero-order chi connectivity index (χ0) is 18.3. The van der Waals surface area contributed by atoms with Crippen LogP contribution in [-0.2, 0) is 0 Å². The summed E-state index contributed by atoms with van der Waals surface area (Å²) in [6, 6.07) is 5.76. The van der Waals surface area contributed by atoms with Crippen molar-refractivity contribution in [1.29, 1.82) is 0 Å². The average molecular weight is 370 g/mol. The van der Waals surface area contributed by atoms with Gasteiger partial charge in [0.1, 0.15) is 22.3 Å². The van der Waals surface area contributed by atoms with Gasteiger partial charge in [0.2, 0.25) is 0 Å². The molecule has 1 amide bonds. The van der Waals surface area contributed by atoms with E-state index in [1.807, 2.05) is 13.8 Å². The molecule has 3 heterocycles. The van der Waals surface area contributed by atoms with Gasteiger partial charge < -0.3 is 10.2 Å². The third kappa shape index (κ3) is 3.03. The van der Waals surface area contributed by atoms with Crippen LogP contribution >= 0.6 is 11.3 Å². The molecule has 4 rings (SSSR count). The molecule has 0 atom stereocenters. The Morgan fingerprint density at radius 2 is 1.85 bits per heavy atom. The Labute approximate surface area is 154 Å². The standard InChI is InChI=1S/C19H19FN4OS/c1-11-15-17(24-9-3-4-10-24)21-12(2)22-19(15)26-16(11)18(25)23-14-7-5-13(20)6-8-14/h5-8H,3-4,9-10H2,1-2H3,(H,23,25). The first-order valence-corrected chi connectivity index (χ1v) is 9.44. The van der Waals surface area contributed by atoms with Gasteiger partial charge in [-0.05, 0) is 56.5 Å². The Kier molecular flexibility index (Phi) is 4.32. The number of thiophene rings is 1. The van der Waals surface area contributed by atoms with E-state index >= 15 is 0 Å². The molecule has 3 aromatic rings. The molecule has 7 heteroatoms. The number of anilines is 2. The molecule has 134 valence electrons. The van der Waals surface area contributed by atoms with Crippen LogP contribution in [0.2, 0.25) is 0 Å². The van der Waals surface area contributed by atoms with E-state index < -0.39 is 0 Å². The highest BCUT2D eigenvalue weighted by molar-refractivity contribution is 7.20. The van der Waals surface area contributed by atoms with E-state index in [4.69, 9.17) is 0 Å². The van der Waals surface area contributed by atoms with Gasteiger partial charge in [-0.15, -0.1) is 11.3 Å². The van der Waals surface area contributed by atoms with E-state index in [2.05, 4.69) is 20.2 Å². The van der Waals surface area contributed by atoms with Gasteiger partial charge in [-0.2, -0.15) is 0 Å². The third-order valence-electron chi connectivity index (χ3n) is 4.60. The largest absolute Gasteiger partial charge is 0.356 e. The molecule has 1 aromatic carbocycles. The quantitative estimate of drug-likeness (QED) is 0.747. The van der Waals surface area contributed by atoms with Crippen LogP contribution in [0.1, 0.15) is 33.9 Å². The molecule has 1 aliphatic rings. The number of carbonyl (C=O) groups excluding carboxylic acids is 1. The number of rotatable bonds is 3. The fourth-order valence-electron chi connectivity index (χ4n) is 3.32. The maximum Gasteiger partial charge on any atom is 0.266 e. The van der Waals surface area contributed by atoms with Gasteiger partial charge in [0, 0.05) is 18.8 Å². The molecule has 5 nitrogen and oxygen atoms in total. The maximum atomic E-state index is 13.1. The Hall–Kier alpha value is -2.54. The minimum absolute atomic E-state index is 0.206. The maximum absolute atomic E-state index is 13.1. The van der Waals surface area contributed by atoms with Gasteiger partial charge in [-0.25, -0.2) is 14.4 Å². The lowest BCUT2D eigenvalue weighted by Crippen LogP contribution is -2.20. The lowest BCUT2D eigenvalue weighted by Gasteiger charge is -2.18. The van der Waals surface area contributed by atoms with E-state index in [0.29, 0.717) is 16.4 Å². The van der Waals surface area contributed by atoms with Crippen LogP contribution in [0.5, 0.6) is 0 Å². The SMILES string of the molecule is Cc1nc(N2CCCC2)c2c(C)c(C(=O)Nc3ccc(F)cc3)sc2n1. The first kappa shape index (κ1) is 16.9. The molecule has 0 aliphatic carbocycles. The smallest absolute Gasteiger partial charge is 0.266 e. The van der Waals surface area contributed by atoms with Gasteiger partial charge in [0.25, 0.3) is 5.91 Å². The van der Waals surface area contributed by atoms with Crippen LogP contribution in [0.3, 0.4) is 0 Å². The van der Waals surface area contributed by atoms with Crippen molar-refractivity contribution in [3.63, 3.8) is 0 Å². The Morgan fingerprint density at radius 3 is 2.54 bits per heavy atom. The van der Waals surface area contributed by atoms with Crippen LogP contribution in [-0.4, -0.2) is 29.0 Å². The normalized spacial score (nSPS) is 14.2. The molecular formula is C19H19FN4OS. The van der Waals surface area contributed by atoms with Crippen molar-refractivity contribution in [2.75, 3.05) is 23.3 Å². The molecule has 0 saturated carbocycles. The molecule has 0 bridgehead atoms. The first-order chi connectivity index (χ1) is 12.5. The topological polar surface area (TPSA) is 58.1 Å². The van der Waals surface area contributed by atoms with E-state index in [1.54, 1.807) is 12.1 Å². The Balaban J connectivity index is 1.73. The highest BCUT2D eigenvalue weighted by atomic mass is 32.1. The van der Waals surface area contributed by atoms with Crippen molar-refractivity contribution >= 4 is 39.0 Å².